The number of carbonyl (C=O) groups is 4. The molecule has 9 heteroatoms. The highest BCUT2D eigenvalue weighted by molar-refractivity contribution is 5.98. The summed E-state index contributed by atoms with van der Waals surface area (Å²) in [5, 5.41) is 2.83. The van der Waals surface area contributed by atoms with Crippen LogP contribution in [0.15, 0.2) is 54.6 Å². The first-order valence-electron chi connectivity index (χ1n) is 11.0. The lowest BCUT2D eigenvalue weighted by atomic mass is 10.2. The molecule has 2 aromatic rings. The van der Waals surface area contributed by atoms with Crippen molar-refractivity contribution in [2.24, 2.45) is 0 Å². The number of benzene rings is 2. The first kappa shape index (κ1) is 22.3. The van der Waals surface area contributed by atoms with Crippen LogP contribution in [0.3, 0.4) is 0 Å². The van der Waals surface area contributed by atoms with E-state index in [2.05, 4.69) is 5.32 Å². The van der Waals surface area contributed by atoms with E-state index in [0.29, 0.717) is 56.1 Å². The topological polar surface area (TPSA) is 99.3 Å². The van der Waals surface area contributed by atoms with Crippen LogP contribution in [0.1, 0.15) is 23.2 Å². The van der Waals surface area contributed by atoms with Crippen LogP contribution in [0.2, 0.25) is 0 Å². The third-order valence-electron chi connectivity index (χ3n) is 5.74. The molecule has 2 heterocycles. The Labute approximate surface area is 191 Å². The monoisotopic (exact) mass is 450 g/mol. The van der Waals surface area contributed by atoms with Crippen LogP contribution in [0.4, 0.5) is 16.2 Å². The number of esters is 1. The Bertz CT molecular complexity index is 1030. The molecule has 0 atom stereocenters. The van der Waals surface area contributed by atoms with Crippen molar-refractivity contribution < 1.29 is 23.9 Å². The minimum atomic E-state index is -0.613. The highest BCUT2D eigenvalue weighted by atomic mass is 16.5. The molecule has 0 unspecified atom stereocenters. The van der Waals surface area contributed by atoms with E-state index in [0.717, 1.165) is 6.42 Å². The maximum absolute atomic E-state index is 12.5. The van der Waals surface area contributed by atoms with Crippen molar-refractivity contribution in [1.29, 1.82) is 0 Å². The van der Waals surface area contributed by atoms with Crippen molar-refractivity contribution in [3.63, 3.8) is 0 Å². The Balaban J connectivity index is 1.24. The lowest BCUT2D eigenvalue weighted by molar-refractivity contribution is -0.135. The van der Waals surface area contributed by atoms with Gasteiger partial charge in [0.05, 0.1) is 5.56 Å². The molecule has 1 N–H and O–H groups in total. The van der Waals surface area contributed by atoms with Crippen LogP contribution in [0, 0.1) is 0 Å². The number of para-hydroxylation sites is 1. The molecule has 2 aromatic carbocycles. The van der Waals surface area contributed by atoms with Gasteiger partial charge in [-0.25, -0.2) is 9.59 Å². The summed E-state index contributed by atoms with van der Waals surface area (Å²) in [5.41, 5.74) is 1.66. The second kappa shape index (κ2) is 10.2. The Morgan fingerprint density at radius 2 is 1.61 bits per heavy atom. The molecular weight excluding hydrogens is 424 g/mol. The summed E-state index contributed by atoms with van der Waals surface area (Å²) in [7, 11) is 0. The Kier molecular flexibility index (Phi) is 6.87. The van der Waals surface area contributed by atoms with Crippen molar-refractivity contribution in [2.75, 3.05) is 49.5 Å². The quantitative estimate of drug-likeness (QED) is 0.705. The third-order valence-corrected chi connectivity index (χ3v) is 5.74. The van der Waals surface area contributed by atoms with E-state index in [1.165, 1.54) is 0 Å². The zero-order valence-corrected chi connectivity index (χ0v) is 18.2. The molecule has 2 fully saturated rings. The van der Waals surface area contributed by atoms with Crippen molar-refractivity contribution in [1.82, 2.24) is 9.80 Å². The molecule has 0 bridgehead atoms. The van der Waals surface area contributed by atoms with Crippen LogP contribution >= 0.6 is 0 Å². The summed E-state index contributed by atoms with van der Waals surface area (Å²) in [5.74, 6) is -0.887. The van der Waals surface area contributed by atoms with Gasteiger partial charge in [0.25, 0.3) is 5.91 Å². The standard InChI is InChI=1S/C24H26N4O5/c29-21-10-5-11-28(21)20-9-4-6-18(16-20)23(31)33-17-22(30)26-12-14-27(15-13-26)24(32)25-19-7-2-1-3-8-19/h1-4,6-9,16H,5,10-15,17H2,(H,25,32). The molecule has 2 aliphatic rings. The normalized spacial score (nSPS) is 16.0. The van der Waals surface area contributed by atoms with Crippen molar-refractivity contribution in [3.05, 3.63) is 60.2 Å². The van der Waals surface area contributed by atoms with Gasteiger partial charge in [-0.05, 0) is 36.8 Å². The molecule has 2 aliphatic heterocycles. The molecule has 0 aliphatic carbocycles. The van der Waals surface area contributed by atoms with Gasteiger partial charge in [-0.2, -0.15) is 0 Å². The Morgan fingerprint density at radius 3 is 2.30 bits per heavy atom. The smallest absolute Gasteiger partial charge is 0.338 e. The predicted octanol–water partition coefficient (Wildman–Crippen LogP) is 2.35. The number of carbonyl (C=O) groups excluding carboxylic acids is 4. The molecule has 0 spiro atoms. The third kappa shape index (κ3) is 5.49. The van der Waals surface area contributed by atoms with Crippen molar-refractivity contribution in [3.8, 4) is 0 Å². The average Bonchev–Trinajstić information content (AvgIpc) is 3.29. The van der Waals surface area contributed by atoms with Gasteiger partial charge in [0.2, 0.25) is 5.91 Å². The van der Waals surface area contributed by atoms with E-state index < -0.39 is 5.97 Å². The highest BCUT2D eigenvalue weighted by Crippen LogP contribution is 2.22. The zero-order chi connectivity index (χ0) is 23.2. The maximum Gasteiger partial charge on any atom is 0.338 e. The Hall–Kier alpha value is -3.88. The fourth-order valence-corrected chi connectivity index (χ4v) is 3.91. The summed E-state index contributed by atoms with van der Waals surface area (Å²) in [6.07, 6.45) is 1.30. The predicted molar refractivity (Wildman–Crippen MR) is 122 cm³/mol. The maximum atomic E-state index is 12.5. The van der Waals surface area contributed by atoms with Crippen LogP contribution in [-0.4, -0.2) is 72.9 Å². The number of amides is 4. The molecule has 0 radical (unpaired) electrons. The van der Waals surface area contributed by atoms with E-state index in [9.17, 15) is 19.2 Å². The molecule has 0 aromatic heterocycles. The minimum Gasteiger partial charge on any atom is -0.452 e. The number of hydrogen-bond acceptors (Lipinski definition) is 5. The number of hydrogen-bond donors (Lipinski definition) is 1. The van der Waals surface area contributed by atoms with Crippen LogP contribution < -0.4 is 10.2 Å². The number of ether oxygens (including phenoxy) is 1. The largest absolute Gasteiger partial charge is 0.452 e. The van der Waals surface area contributed by atoms with Gasteiger partial charge in [-0.1, -0.05) is 24.3 Å². The van der Waals surface area contributed by atoms with Gasteiger partial charge < -0.3 is 24.8 Å². The van der Waals surface area contributed by atoms with E-state index in [1.807, 2.05) is 30.3 Å². The summed E-state index contributed by atoms with van der Waals surface area (Å²) >= 11 is 0. The van der Waals surface area contributed by atoms with Gasteiger partial charge in [0, 0.05) is 50.5 Å². The lowest BCUT2D eigenvalue weighted by Gasteiger charge is -2.34. The second-order valence-corrected chi connectivity index (χ2v) is 7.94. The number of urea groups is 1. The van der Waals surface area contributed by atoms with Crippen molar-refractivity contribution in [2.45, 2.75) is 12.8 Å². The van der Waals surface area contributed by atoms with Gasteiger partial charge in [-0.3, -0.25) is 9.59 Å². The van der Waals surface area contributed by atoms with E-state index in [1.54, 1.807) is 39.0 Å². The first-order valence-corrected chi connectivity index (χ1v) is 11.0. The fourth-order valence-electron chi connectivity index (χ4n) is 3.91. The van der Waals surface area contributed by atoms with E-state index in [4.69, 9.17) is 4.74 Å². The Morgan fingerprint density at radius 1 is 0.879 bits per heavy atom. The second-order valence-electron chi connectivity index (χ2n) is 7.94. The van der Waals surface area contributed by atoms with Crippen LogP contribution in [-0.2, 0) is 14.3 Å². The summed E-state index contributed by atoms with van der Waals surface area (Å²) in [6, 6.07) is 15.6. The van der Waals surface area contributed by atoms with Gasteiger partial charge in [-0.15, -0.1) is 0 Å². The van der Waals surface area contributed by atoms with Crippen LogP contribution in [0.25, 0.3) is 0 Å². The molecule has 9 nitrogen and oxygen atoms in total. The molecule has 2 saturated heterocycles. The molecule has 172 valence electrons. The summed E-state index contributed by atoms with van der Waals surface area (Å²) < 4.78 is 5.21. The van der Waals surface area contributed by atoms with Crippen molar-refractivity contribution >= 4 is 35.2 Å². The van der Waals surface area contributed by atoms with E-state index in [-0.39, 0.29) is 24.5 Å². The zero-order valence-electron chi connectivity index (χ0n) is 18.2. The van der Waals surface area contributed by atoms with E-state index >= 15 is 0 Å². The first-order chi connectivity index (χ1) is 16.0. The molecule has 0 saturated carbocycles. The molecule has 33 heavy (non-hydrogen) atoms. The summed E-state index contributed by atoms with van der Waals surface area (Å²) in [6.45, 7) is 1.78. The average molecular weight is 450 g/mol. The van der Waals surface area contributed by atoms with Gasteiger partial charge in [0.15, 0.2) is 6.61 Å². The molecular formula is C24H26N4O5. The SMILES string of the molecule is O=C(OCC(=O)N1CCN(C(=O)Nc2ccccc2)CC1)c1cccc(N2CCCC2=O)c1. The summed E-state index contributed by atoms with van der Waals surface area (Å²) in [4.78, 5) is 54.1. The number of anilines is 2. The minimum absolute atomic E-state index is 0.0345. The van der Waals surface area contributed by atoms with Gasteiger partial charge in [0.1, 0.15) is 0 Å². The number of piperazine rings is 1. The van der Waals surface area contributed by atoms with Gasteiger partial charge >= 0.3 is 12.0 Å². The molecule has 4 rings (SSSR count). The lowest BCUT2D eigenvalue weighted by Crippen LogP contribution is -2.52. The van der Waals surface area contributed by atoms with Crippen LogP contribution in [0.5, 0.6) is 0 Å². The number of nitrogens with one attached hydrogen (secondary N) is 1. The molecule has 4 amide bonds. The fraction of sp³-hybridized carbons (Fsp3) is 0.333. The highest BCUT2D eigenvalue weighted by Gasteiger charge is 2.26. The number of rotatable bonds is 5. The number of nitrogens with zero attached hydrogens (tertiary/aromatic N) is 3.